The second-order valence-electron chi connectivity index (χ2n) is 10.2. The van der Waals surface area contributed by atoms with Gasteiger partial charge in [-0.1, -0.05) is 30.3 Å². The molecule has 222 valence electrons. The van der Waals surface area contributed by atoms with Crippen LogP contribution in [0.5, 0.6) is 5.75 Å². The molecule has 3 aromatic rings. The van der Waals surface area contributed by atoms with E-state index < -0.39 is 17.5 Å². The first-order valence-electron chi connectivity index (χ1n) is 13.0. The Morgan fingerprint density at radius 3 is 2.45 bits per heavy atom. The largest absolute Gasteiger partial charge is 0.493 e. The van der Waals surface area contributed by atoms with Crippen LogP contribution in [0.25, 0.3) is 0 Å². The normalized spacial score (nSPS) is 10.9. The van der Waals surface area contributed by atoms with Gasteiger partial charge in [0, 0.05) is 17.8 Å². The molecule has 1 heterocycles. The Morgan fingerprint density at radius 1 is 1.14 bits per heavy atom. The number of hydrogen-bond donors (Lipinski definition) is 5. The molecule has 0 radical (unpaired) electrons. The van der Waals surface area contributed by atoms with Gasteiger partial charge in [0.2, 0.25) is 11.9 Å². The predicted molar refractivity (Wildman–Crippen MR) is 163 cm³/mol. The van der Waals surface area contributed by atoms with Gasteiger partial charge in [0.15, 0.2) is 5.82 Å². The molecule has 0 aliphatic carbocycles. The van der Waals surface area contributed by atoms with Gasteiger partial charge in [0.1, 0.15) is 10.8 Å². The van der Waals surface area contributed by atoms with Crippen molar-refractivity contribution in [2.24, 2.45) is 5.73 Å². The first kappa shape index (κ1) is 31.7. The number of amides is 3. The third kappa shape index (κ3) is 8.33. The van der Waals surface area contributed by atoms with E-state index in [1.54, 1.807) is 37.3 Å². The standard InChI is InChI=1S/C29H34ClN7O5/c1-6-24(38)33-20-10-7-8-11-21(20)34-26-19(30)16-32-27(36-26)35-22-15-18(25(31)39)23(14-17(22)2)42-13-9-12-37(28(40)41)29(3,4)5/h6-8,10-11,14-16H,1,9,12-13H2,2-5H3,(H2,31,39)(H,33,38)(H,40,41)(H2,32,34,35,36). The molecule has 0 atom stereocenters. The molecule has 42 heavy (non-hydrogen) atoms. The lowest BCUT2D eigenvalue weighted by Crippen LogP contribution is -2.45. The molecule has 0 fully saturated rings. The zero-order chi connectivity index (χ0) is 31.0. The minimum atomic E-state index is -1.02. The van der Waals surface area contributed by atoms with E-state index in [9.17, 15) is 19.5 Å². The van der Waals surface area contributed by atoms with Crippen molar-refractivity contribution in [3.05, 3.63) is 71.4 Å². The Balaban J connectivity index is 1.78. The highest BCUT2D eigenvalue weighted by Gasteiger charge is 2.25. The van der Waals surface area contributed by atoms with Gasteiger partial charge in [-0.2, -0.15) is 4.98 Å². The minimum Gasteiger partial charge on any atom is -0.493 e. The van der Waals surface area contributed by atoms with Crippen LogP contribution in [0.15, 0.2) is 55.3 Å². The van der Waals surface area contributed by atoms with Crippen molar-refractivity contribution >= 4 is 58.3 Å². The molecule has 2 aromatic carbocycles. The first-order valence-corrected chi connectivity index (χ1v) is 13.3. The molecule has 12 nitrogen and oxygen atoms in total. The van der Waals surface area contributed by atoms with Crippen molar-refractivity contribution in [3.63, 3.8) is 0 Å². The molecule has 0 bridgehead atoms. The summed E-state index contributed by atoms with van der Waals surface area (Å²) >= 11 is 6.34. The molecule has 0 aliphatic rings. The van der Waals surface area contributed by atoms with Crippen LogP contribution >= 0.6 is 11.6 Å². The molecule has 3 amide bonds. The van der Waals surface area contributed by atoms with Gasteiger partial charge in [-0.3, -0.25) is 9.59 Å². The summed E-state index contributed by atoms with van der Waals surface area (Å²) < 4.78 is 5.83. The maximum atomic E-state index is 12.3. The van der Waals surface area contributed by atoms with Gasteiger partial charge in [0.05, 0.1) is 29.7 Å². The number of nitrogens with two attached hydrogens (primary N) is 1. The Kier molecular flexibility index (Phi) is 10.3. The Hall–Kier alpha value is -4.84. The zero-order valence-corrected chi connectivity index (χ0v) is 24.6. The predicted octanol–water partition coefficient (Wildman–Crippen LogP) is 5.70. The van der Waals surface area contributed by atoms with E-state index in [2.05, 4.69) is 32.5 Å². The van der Waals surface area contributed by atoms with Gasteiger partial charge < -0.3 is 36.4 Å². The van der Waals surface area contributed by atoms with Crippen molar-refractivity contribution < 1.29 is 24.2 Å². The molecule has 0 aliphatic heterocycles. The Morgan fingerprint density at radius 2 is 1.83 bits per heavy atom. The summed E-state index contributed by atoms with van der Waals surface area (Å²) in [5, 5.41) is 18.6. The number of carbonyl (C=O) groups excluding carboxylic acids is 2. The van der Waals surface area contributed by atoms with E-state index >= 15 is 0 Å². The Labute approximate surface area is 248 Å². The van der Waals surface area contributed by atoms with Crippen LogP contribution in [0.1, 0.15) is 43.1 Å². The number of nitrogens with one attached hydrogen (secondary N) is 3. The monoisotopic (exact) mass is 595 g/mol. The number of aryl methyl sites for hydroxylation is 1. The second kappa shape index (κ2) is 13.7. The lowest BCUT2D eigenvalue weighted by molar-refractivity contribution is -0.111. The lowest BCUT2D eigenvalue weighted by Gasteiger charge is -2.33. The van der Waals surface area contributed by atoms with Crippen molar-refractivity contribution in [1.29, 1.82) is 0 Å². The maximum Gasteiger partial charge on any atom is 0.407 e. The van der Waals surface area contributed by atoms with Crippen LogP contribution in [0.2, 0.25) is 5.02 Å². The summed E-state index contributed by atoms with van der Waals surface area (Å²) in [6.07, 6.45) is 1.97. The number of primary amides is 1. The Bertz CT molecular complexity index is 1490. The van der Waals surface area contributed by atoms with Crippen molar-refractivity contribution in [1.82, 2.24) is 14.9 Å². The number of hydrogen-bond acceptors (Lipinski definition) is 8. The fourth-order valence-electron chi connectivity index (χ4n) is 3.90. The highest BCUT2D eigenvalue weighted by molar-refractivity contribution is 6.33. The summed E-state index contributed by atoms with van der Waals surface area (Å²) in [6.45, 7) is 11.1. The van der Waals surface area contributed by atoms with E-state index in [1.807, 2.05) is 20.8 Å². The molecule has 0 saturated heterocycles. The van der Waals surface area contributed by atoms with Crippen LogP contribution in [-0.4, -0.2) is 56.6 Å². The highest BCUT2D eigenvalue weighted by Crippen LogP contribution is 2.31. The number of nitrogens with zero attached hydrogens (tertiary/aromatic N) is 3. The van der Waals surface area contributed by atoms with Crippen LogP contribution in [0.4, 0.5) is 33.6 Å². The highest BCUT2D eigenvalue weighted by atomic mass is 35.5. The summed E-state index contributed by atoms with van der Waals surface area (Å²) in [7, 11) is 0. The molecule has 6 N–H and O–H groups in total. The van der Waals surface area contributed by atoms with Crippen LogP contribution in [0.3, 0.4) is 0 Å². The number of rotatable bonds is 12. The van der Waals surface area contributed by atoms with E-state index in [0.717, 1.165) is 6.08 Å². The third-order valence-electron chi connectivity index (χ3n) is 6.03. The van der Waals surface area contributed by atoms with Crippen molar-refractivity contribution in [2.75, 3.05) is 29.1 Å². The lowest BCUT2D eigenvalue weighted by atomic mass is 10.1. The average Bonchev–Trinajstić information content (AvgIpc) is 2.91. The smallest absolute Gasteiger partial charge is 0.407 e. The summed E-state index contributed by atoms with van der Waals surface area (Å²) in [4.78, 5) is 45.7. The fraction of sp³-hybridized carbons (Fsp3) is 0.276. The molecule has 13 heteroatoms. The van der Waals surface area contributed by atoms with Crippen LogP contribution in [-0.2, 0) is 4.79 Å². The quantitative estimate of drug-likeness (QED) is 0.130. The van der Waals surface area contributed by atoms with E-state index in [4.69, 9.17) is 22.1 Å². The van der Waals surface area contributed by atoms with Crippen molar-refractivity contribution in [2.45, 2.75) is 39.7 Å². The molecule has 0 spiro atoms. The van der Waals surface area contributed by atoms with E-state index in [1.165, 1.54) is 17.2 Å². The third-order valence-corrected chi connectivity index (χ3v) is 6.31. The number of halogens is 1. The molecule has 0 saturated carbocycles. The number of para-hydroxylation sites is 2. The summed E-state index contributed by atoms with van der Waals surface area (Å²) in [6, 6.07) is 10.2. The van der Waals surface area contributed by atoms with Gasteiger partial charge in [-0.05, 0) is 70.0 Å². The summed E-state index contributed by atoms with van der Waals surface area (Å²) in [5.41, 5.74) is 7.47. The van der Waals surface area contributed by atoms with Crippen LogP contribution in [0, 0.1) is 6.92 Å². The fourth-order valence-corrected chi connectivity index (χ4v) is 4.04. The number of anilines is 5. The number of carboxylic acid groups (broad SMARTS) is 1. The van der Waals surface area contributed by atoms with E-state index in [-0.39, 0.29) is 47.2 Å². The topological polar surface area (TPSA) is 172 Å². The first-order chi connectivity index (χ1) is 19.8. The molecule has 0 unspecified atom stereocenters. The average molecular weight is 596 g/mol. The number of aromatic nitrogens is 2. The number of carbonyl (C=O) groups is 3. The zero-order valence-electron chi connectivity index (χ0n) is 23.8. The maximum absolute atomic E-state index is 12.3. The molecule has 1 aromatic heterocycles. The molecular formula is C29H34ClN7O5. The second-order valence-corrected chi connectivity index (χ2v) is 10.6. The van der Waals surface area contributed by atoms with E-state index in [0.29, 0.717) is 29.0 Å². The summed E-state index contributed by atoms with van der Waals surface area (Å²) in [5.74, 6) is -0.348. The number of benzene rings is 2. The molecular weight excluding hydrogens is 562 g/mol. The van der Waals surface area contributed by atoms with Crippen molar-refractivity contribution in [3.8, 4) is 5.75 Å². The van der Waals surface area contributed by atoms with Gasteiger partial charge in [-0.15, -0.1) is 0 Å². The molecule has 3 rings (SSSR count). The van der Waals surface area contributed by atoms with Crippen LogP contribution < -0.4 is 26.4 Å². The van der Waals surface area contributed by atoms with Gasteiger partial charge >= 0.3 is 6.09 Å². The van der Waals surface area contributed by atoms with Gasteiger partial charge in [0.25, 0.3) is 5.91 Å². The SMILES string of the molecule is C=CC(=O)Nc1ccccc1Nc1nc(Nc2cc(C(N)=O)c(OCCCN(C(=O)O)C(C)(C)C)cc2C)ncc1Cl. The van der Waals surface area contributed by atoms with Gasteiger partial charge in [-0.25, -0.2) is 9.78 Å². The minimum absolute atomic E-state index is 0.133. The number of ether oxygens (including phenoxy) is 1.